The van der Waals surface area contributed by atoms with E-state index in [9.17, 15) is 33.6 Å². The average molecular weight is 462 g/mol. The van der Waals surface area contributed by atoms with E-state index in [0.717, 1.165) is 0 Å². The lowest BCUT2D eigenvalue weighted by Crippen LogP contribution is -2.56. The fraction of sp³-hybridized carbons (Fsp3) is 0.588. The van der Waals surface area contributed by atoms with E-state index in [1.54, 1.807) is 0 Å². The lowest BCUT2D eigenvalue weighted by atomic mass is 10.1. The van der Waals surface area contributed by atoms with Crippen LogP contribution in [0, 0.1) is 0 Å². The van der Waals surface area contributed by atoms with Gasteiger partial charge in [0.15, 0.2) is 0 Å². The van der Waals surface area contributed by atoms with Crippen LogP contribution >= 0.6 is 0 Å². The molecular weight excluding hydrogens is 436 g/mol. The van der Waals surface area contributed by atoms with Gasteiger partial charge in [0, 0.05) is 19.3 Å². The Morgan fingerprint density at radius 3 is 1.44 bits per heavy atom. The van der Waals surface area contributed by atoms with Crippen LogP contribution in [0.2, 0.25) is 0 Å². The minimum atomic E-state index is -1.49. The summed E-state index contributed by atoms with van der Waals surface area (Å²) in [6.07, 6.45) is -2.63. The van der Waals surface area contributed by atoms with Gasteiger partial charge in [-0.3, -0.25) is 33.6 Å². The molecule has 0 saturated carbocycles. The first-order valence-corrected chi connectivity index (χ1v) is 9.34. The first-order chi connectivity index (χ1) is 14.8. The minimum absolute atomic E-state index is 0.257. The summed E-state index contributed by atoms with van der Waals surface area (Å²) < 4.78 is 0. The molecule has 0 heterocycles. The number of rotatable bonds is 16. The Bertz CT molecular complexity index is 740. The number of carboxylic acids is 4. The molecule has 15 nitrogen and oxygen atoms in total. The number of amides is 3. The summed E-state index contributed by atoms with van der Waals surface area (Å²) in [5, 5.41) is 41.3. The van der Waals surface area contributed by atoms with Gasteiger partial charge in [0.2, 0.25) is 17.7 Å². The number of nitrogens with two attached hydrogens (primary N) is 1. The molecular formula is C17H26N4O11. The fourth-order valence-electron chi connectivity index (χ4n) is 2.32. The molecule has 180 valence electrons. The quantitative estimate of drug-likeness (QED) is 0.115. The normalized spacial score (nSPS) is 13.2. The van der Waals surface area contributed by atoms with Crippen LogP contribution in [0.4, 0.5) is 0 Å². The molecule has 0 aliphatic carbocycles. The highest BCUT2D eigenvalue weighted by Gasteiger charge is 2.29. The lowest BCUT2D eigenvalue weighted by molar-refractivity contribution is -0.140. The van der Waals surface area contributed by atoms with Crippen molar-refractivity contribution in [1.82, 2.24) is 16.0 Å². The van der Waals surface area contributed by atoms with Gasteiger partial charge in [0.25, 0.3) is 0 Å². The summed E-state index contributed by atoms with van der Waals surface area (Å²) in [7, 11) is 0. The van der Waals surface area contributed by atoms with E-state index >= 15 is 0 Å². The van der Waals surface area contributed by atoms with E-state index in [0.29, 0.717) is 0 Å². The molecule has 0 bridgehead atoms. The highest BCUT2D eigenvalue weighted by Crippen LogP contribution is 2.04. The second kappa shape index (κ2) is 14.3. The van der Waals surface area contributed by atoms with E-state index in [1.807, 2.05) is 5.32 Å². The van der Waals surface area contributed by atoms with Crippen molar-refractivity contribution in [3.8, 4) is 0 Å². The molecule has 32 heavy (non-hydrogen) atoms. The molecule has 0 aliphatic heterocycles. The summed E-state index contributed by atoms with van der Waals surface area (Å²) in [5.41, 5.74) is 5.56. The second-order valence-electron chi connectivity index (χ2n) is 6.64. The predicted octanol–water partition coefficient (Wildman–Crippen LogP) is -2.92. The highest BCUT2D eigenvalue weighted by molar-refractivity contribution is 5.94. The first-order valence-electron chi connectivity index (χ1n) is 9.34. The fourth-order valence-corrected chi connectivity index (χ4v) is 2.32. The molecule has 0 unspecified atom stereocenters. The van der Waals surface area contributed by atoms with Gasteiger partial charge in [-0.25, -0.2) is 0 Å². The van der Waals surface area contributed by atoms with Gasteiger partial charge < -0.3 is 42.1 Å². The summed E-state index contributed by atoms with van der Waals surface area (Å²) in [6.45, 7) is -0.796. The number of hydrogen-bond acceptors (Lipinski definition) is 8. The third kappa shape index (κ3) is 12.7. The van der Waals surface area contributed by atoms with Crippen LogP contribution in [-0.4, -0.2) is 86.7 Å². The van der Waals surface area contributed by atoms with Crippen molar-refractivity contribution in [2.24, 2.45) is 5.73 Å². The van der Waals surface area contributed by atoms with Crippen molar-refractivity contribution in [2.75, 3.05) is 6.54 Å². The molecule has 0 aromatic heterocycles. The van der Waals surface area contributed by atoms with E-state index in [4.69, 9.17) is 26.2 Å². The molecule has 3 amide bonds. The Hall–Kier alpha value is -3.75. The maximum atomic E-state index is 12.6. The van der Waals surface area contributed by atoms with Crippen LogP contribution in [0.25, 0.3) is 0 Å². The van der Waals surface area contributed by atoms with Crippen LogP contribution < -0.4 is 21.7 Å². The van der Waals surface area contributed by atoms with E-state index in [2.05, 4.69) is 10.6 Å². The van der Waals surface area contributed by atoms with Crippen LogP contribution in [0.5, 0.6) is 0 Å². The van der Waals surface area contributed by atoms with Gasteiger partial charge >= 0.3 is 23.9 Å². The molecule has 0 rings (SSSR count). The SMILES string of the molecule is N[C@@H](CCC(=O)O)C(=O)N[C@@H](CCC(=O)O)C(=O)N[C@@H](CCC(=O)O)C(=O)NCC(=O)O. The monoisotopic (exact) mass is 462 g/mol. The summed E-state index contributed by atoms with van der Waals surface area (Å²) >= 11 is 0. The third-order valence-electron chi connectivity index (χ3n) is 3.98. The van der Waals surface area contributed by atoms with Gasteiger partial charge in [0.1, 0.15) is 18.6 Å². The lowest BCUT2D eigenvalue weighted by Gasteiger charge is -2.23. The van der Waals surface area contributed by atoms with Gasteiger partial charge in [0.05, 0.1) is 6.04 Å². The van der Waals surface area contributed by atoms with Crippen LogP contribution in [-0.2, 0) is 33.6 Å². The molecule has 0 aliphatic rings. The molecule has 9 N–H and O–H groups in total. The van der Waals surface area contributed by atoms with Crippen LogP contribution in [0.15, 0.2) is 0 Å². The van der Waals surface area contributed by atoms with Gasteiger partial charge in [-0.15, -0.1) is 0 Å². The van der Waals surface area contributed by atoms with Crippen molar-refractivity contribution in [2.45, 2.75) is 56.7 Å². The number of hydrogen-bond donors (Lipinski definition) is 8. The van der Waals surface area contributed by atoms with E-state index in [1.165, 1.54) is 0 Å². The van der Waals surface area contributed by atoms with Crippen LogP contribution in [0.3, 0.4) is 0 Å². The smallest absolute Gasteiger partial charge is 0.322 e. The molecule has 0 radical (unpaired) electrons. The average Bonchev–Trinajstić information content (AvgIpc) is 2.69. The van der Waals surface area contributed by atoms with Gasteiger partial charge in [-0.1, -0.05) is 0 Å². The summed E-state index contributed by atoms with van der Waals surface area (Å²) in [5.74, 6) is -8.15. The zero-order valence-electron chi connectivity index (χ0n) is 16.9. The molecule has 15 heteroatoms. The molecule has 0 saturated heterocycles. The Labute approximate surface area is 181 Å². The Balaban J connectivity index is 5.34. The van der Waals surface area contributed by atoms with E-state index < -0.39 is 98.4 Å². The third-order valence-corrected chi connectivity index (χ3v) is 3.98. The number of aliphatic carboxylic acids is 4. The zero-order chi connectivity index (χ0) is 24.8. The number of carboxylic acid groups (broad SMARTS) is 4. The van der Waals surface area contributed by atoms with E-state index in [-0.39, 0.29) is 6.42 Å². The largest absolute Gasteiger partial charge is 0.481 e. The molecule has 0 fully saturated rings. The number of carbonyl (C=O) groups excluding carboxylic acids is 3. The molecule has 0 aromatic carbocycles. The first kappa shape index (κ1) is 28.2. The zero-order valence-corrected chi connectivity index (χ0v) is 16.9. The van der Waals surface area contributed by atoms with Gasteiger partial charge in [-0.2, -0.15) is 0 Å². The van der Waals surface area contributed by atoms with Crippen molar-refractivity contribution < 1.29 is 54.0 Å². The van der Waals surface area contributed by atoms with Gasteiger partial charge in [-0.05, 0) is 19.3 Å². The Kier molecular flexibility index (Phi) is 12.6. The molecule has 0 spiro atoms. The molecule has 3 atom stereocenters. The molecule has 0 aromatic rings. The number of carbonyl (C=O) groups is 7. The standard InChI is InChI=1S/C17H26N4O11/c18-8(1-4-11(22)23)15(30)20-10(3-6-13(26)27)17(32)21-9(2-5-12(24)25)16(31)19-7-14(28)29/h8-10H,1-7,18H2,(H,19,31)(H,20,30)(H,21,32)(H,22,23)(H,24,25)(H,26,27)(H,28,29)/t8-,9-,10-/m0/s1. The van der Waals surface area contributed by atoms with Crippen molar-refractivity contribution in [3.05, 3.63) is 0 Å². The van der Waals surface area contributed by atoms with Crippen molar-refractivity contribution in [1.29, 1.82) is 0 Å². The highest BCUT2D eigenvalue weighted by atomic mass is 16.4. The topological polar surface area (TPSA) is 263 Å². The second-order valence-corrected chi connectivity index (χ2v) is 6.64. The predicted molar refractivity (Wildman–Crippen MR) is 103 cm³/mol. The minimum Gasteiger partial charge on any atom is -0.481 e. The maximum Gasteiger partial charge on any atom is 0.322 e. The number of nitrogens with one attached hydrogen (secondary N) is 3. The van der Waals surface area contributed by atoms with Crippen molar-refractivity contribution >= 4 is 41.6 Å². The van der Waals surface area contributed by atoms with Crippen molar-refractivity contribution in [3.63, 3.8) is 0 Å². The Morgan fingerprint density at radius 2 is 1.00 bits per heavy atom. The summed E-state index contributed by atoms with van der Waals surface area (Å²) in [6, 6.07) is -4.29. The van der Waals surface area contributed by atoms with Crippen LogP contribution in [0.1, 0.15) is 38.5 Å². The Morgan fingerprint density at radius 1 is 0.594 bits per heavy atom. The maximum absolute atomic E-state index is 12.6. The summed E-state index contributed by atoms with van der Waals surface area (Å²) in [4.78, 5) is 79.7.